The first kappa shape index (κ1) is 13.1. The summed E-state index contributed by atoms with van der Waals surface area (Å²) in [7, 11) is 0. The molecule has 0 aliphatic heterocycles. The highest BCUT2D eigenvalue weighted by Gasteiger charge is 2.19. The molecular weight excluding hydrogens is 240 g/mol. The fourth-order valence-electron chi connectivity index (χ4n) is 1.91. The Bertz CT molecular complexity index is 576. The number of carbonyl (C=O) groups excluding carboxylic acids is 1. The Balaban J connectivity index is 2.26. The van der Waals surface area contributed by atoms with Gasteiger partial charge in [0, 0.05) is 24.0 Å². The molecule has 0 radical (unpaired) electrons. The molecule has 5 heteroatoms. The second kappa shape index (κ2) is 5.56. The summed E-state index contributed by atoms with van der Waals surface area (Å²) in [4.78, 5) is 11.6. The number of hydrogen-bond donors (Lipinski definition) is 2. The van der Waals surface area contributed by atoms with Crippen LogP contribution < -0.4 is 11.1 Å². The molecule has 0 saturated carbocycles. The van der Waals surface area contributed by atoms with Crippen molar-refractivity contribution in [2.24, 2.45) is 5.73 Å². The van der Waals surface area contributed by atoms with Gasteiger partial charge in [-0.05, 0) is 25.5 Å². The predicted octanol–water partition coefficient (Wildman–Crippen LogP) is 1.85. The van der Waals surface area contributed by atoms with Crippen molar-refractivity contribution in [3.8, 4) is 0 Å². The smallest absolute Gasteiger partial charge is 0.244 e. The topological polar surface area (TPSA) is 72.9 Å². The number of nitrogens with one attached hydrogen (secondary N) is 1. The number of aryl methyl sites for hydroxylation is 2. The standard InChI is InChI=1S/C14H18N4O/c1-3-18-9-11(8-16-18)13(14(15)19)17-12-7-5-4-6-10(12)2/h4-9,13,17H,3H2,1-2H3,(H2,15,19). The van der Waals surface area contributed by atoms with Crippen LogP contribution in [0.5, 0.6) is 0 Å². The summed E-state index contributed by atoms with van der Waals surface area (Å²) < 4.78 is 1.77. The van der Waals surface area contributed by atoms with Crippen molar-refractivity contribution in [3.05, 3.63) is 47.8 Å². The number of carbonyl (C=O) groups is 1. The van der Waals surface area contributed by atoms with Crippen molar-refractivity contribution < 1.29 is 4.79 Å². The quantitative estimate of drug-likeness (QED) is 0.859. The molecule has 19 heavy (non-hydrogen) atoms. The first-order valence-electron chi connectivity index (χ1n) is 6.25. The third-order valence-electron chi connectivity index (χ3n) is 3.04. The molecule has 1 aromatic heterocycles. The van der Waals surface area contributed by atoms with Gasteiger partial charge in [0.25, 0.3) is 0 Å². The van der Waals surface area contributed by atoms with Gasteiger partial charge in [-0.3, -0.25) is 9.48 Å². The minimum atomic E-state index is -0.568. The summed E-state index contributed by atoms with van der Waals surface area (Å²) in [6, 6.07) is 7.21. The molecule has 5 nitrogen and oxygen atoms in total. The van der Waals surface area contributed by atoms with Crippen molar-refractivity contribution in [3.63, 3.8) is 0 Å². The van der Waals surface area contributed by atoms with Crippen molar-refractivity contribution in [2.75, 3.05) is 5.32 Å². The van der Waals surface area contributed by atoms with Gasteiger partial charge in [-0.25, -0.2) is 0 Å². The van der Waals surface area contributed by atoms with E-state index in [0.29, 0.717) is 0 Å². The fourth-order valence-corrected chi connectivity index (χ4v) is 1.91. The third kappa shape index (κ3) is 2.93. The monoisotopic (exact) mass is 258 g/mol. The Kier molecular flexibility index (Phi) is 3.85. The number of anilines is 1. The first-order chi connectivity index (χ1) is 9.11. The molecule has 0 bridgehead atoms. The van der Waals surface area contributed by atoms with Crippen LogP contribution in [-0.2, 0) is 11.3 Å². The zero-order valence-electron chi connectivity index (χ0n) is 11.1. The fraction of sp³-hybridized carbons (Fsp3) is 0.286. The maximum absolute atomic E-state index is 11.6. The molecule has 1 atom stereocenters. The number of primary amides is 1. The Morgan fingerprint density at radius 3 is 2.79 bits per heavy atom. The lowest BCUT2D eigenvalue weighted by Gasteiger charge is -2.16. The van der Waals surface area contributed by atoms with Gasteiger partial charge in [-0.1, -0.05) is 18.2 Å². The Morgan fingerprint density at radius 2 is 2.21 bits per heavy atom. The van der Waals surface area contributed by atoms with E-state index in [4.69, 9.17) is 5.73 Å². The predicted molar refractivity (Wildman–Crippen MR) is 74.6 cm³/mol. The van der Waals surface area contributed by atoms with Gasteiger partial charge in [-0.2, -0.15) is 5.10 Å². The Morgan fingerprint density at radius 1 is 1.47 bits per heavy atom. The minimum Gasteiger partial charge on any atom is -0.370 e. The van der Waals surface area contributed by atoms with Gasteiger partial charge >= 0.3 is 0 Å². The molecule has 0 saturated heterocycles. The highest BCUT2D eigenvalue weighted by Crippen LogP contribution is 2.21. The summed E-state index contributed by atoms with van der Waals surface area (Å²) in [5.41, 5.74) is 8.22. The summed E-state index contributed by atoms with van der Waals surface area (Å²) in [5.74, 6) is -0.418. The summed E-state index contributed by atoms with van der Waals surface area (Å²) in [6.07, 6.45) is 3.50. The molecule has 1 amide bonds. The molecule has 0 aliphatic rings. The van der Waals surface area contributed by atoms with Crippen LogP contribution in [0.4, 0.5) is 5.69 Å². The largest absolute Gasteiger partial charge is 0.370 e. The van der Waals surface area contributed by atoms with Gasteiger partial charge in [-0.15, -0.1) is 0 Å². The number of aromatic nitrogens is 2. The lowest BCUT2D eigenvalue weighted by atomic mass is 10.1. The molecule has 0 spiro atoms. The summed E-state index contributed by atoms with van der Waals surface area (Å²) >= 11 is 0. The van der Waals surface area contributed by atoms with E-state index in [1.165, 1.54) is 0 Å². The SMILES string of the molecule is CCn1cc(C(Nc2ccccc2C)C(N)=O)cn1. The number of rotatable bonds is 5. The van der Waals surface area contributed by atoms with Crippen LogP contribution in [0.25, 0.3) is 0 Å². The number of nitrogens with zero attached hydrogens (tertiary/aromatic N) is 2. The van der Waals surface area contributed by atoms with E-state index in [-0.39, 0.29) is 0 Å². The molecule has 3 N–H and O–H groups in total. The number of para-hydroxylation sites is 1. The lowest BCUT2D eigenvalue weighted by molar-refractivity contribution is -0.118. The van der Waals surface area contributed by atoms with E-state index in [2.05, 4.69) is 10.4 Å². The van der Waals surface area contributed by atoms with Crippen molar-refractivity contribution in [2.45, 2.75) is 26.4 Å². The van der Waals surface area contributed by atoms with Crippen LogP contribution in [0, 0.1) is 6.92 Å². The van der Waals surface area contributed by atoms with Gasteiger partial charge in [0.15, 0.2) is 0 Å². The Hall–Kier alpha value is -2.30. The van der Waals surface area contributed by atoms with E-state index in [1.807, 2.05) is 44.3 Å². The van der Waals surface area contributed by atoms with Crippen LogP contribution in [0.15, 0.2) is 36.7 Å². The maximum Gasteiger partial charge on any atom is 0.244 e. The van der Waals surface area contributed by atoms with Gasteiger partial charge < -0.3 is 11.1 Å². The Labute approximate surface area is 112 Å². The molecule has 0 aliphatic carbocycles. The lowest BCUT2D eigenvalue weighted by Crippen LogP contribution is -2.27. The number of nitrogens with two attached hydrogens (primary N) is 1. The maximum atomic E-state index is 11.6. The van der Waals surface area contributed by atoms with E-state index >= 15 is 0 Å². The summed E-state index contributed by atoms with van der Waals surface area (Å²) in [6.45, 7) is 4.73. The van der Waals surface area contributed by atoms with E-state index in [1.54, 1.807) is 10.9 Å². The van der Waals surface area contributed by atoms with Crippen LogP contribution >= 0.6 is 0 Å². The zero-order chi connectivity index (χ0) is 13.8. The molecule has 1 aromatic carbocycles. The normalized spacial score (nSPS) is 12.1. The molecule has 2 rings (SSSR count). The molecule has 100 valence electrons. The molecule has 0 fully saturated rings. The summed E-state index contributed by atoms with van der Waals surface area (Å²) in [5, 5.41) is 7.34. The first-order valence-corrected chi connectivity index (χ1v) is 6.25. The number of amides is 1. The molecule has 1 heterocycles. The minimum absolute atomic E-state index is 0.418. The van der Waals surface area contributed by atoms with Crippen LogP contribution in [-0.4, -0.2) is 15.7 Å². The average molecular weight is 258 g/mol. The number of benzene rings is 1. The van der Waals surface area contributed by atoms with E-state index in [9.17, 15) is 4.79 Å². The van der Waals surface area contributed by atoms with Crippen molar-refractivity contribution >= 4 is 11.6 Å². The van der Waals surface area contributed by atoms with Crippen LogP contribution in [0.1, 0.15) is 24.1 Å². The molecule has 2 aromatic rings. The highest BCUT2D eigenvalue weighted by atomic mass is 16.1. The molecule has 1 unspecified atom stereocenters. The third-order valence-corrected chi connectivity index (χ3v) is 3.04. The second-order valence-electron chi connectivity index (χ2n) is 4.42. The van der Waals surface area contributed by atoms with Gasteiger partial charge in [0.05, 0.1) is 6.20 Å². The van der Waals surface area contributed by atoms with Crippen LogP contribution in [0.2, 0.25) is 0 Å². The van der Waals surface area contributed by atoms with E-state index < -0.39 is 11.9 Å². The molecular formula is C14H18N4O. The zero-order valence-corrected chi connectivity index (χ0v) is 11.1. The second-order valence-corrected chi connectivity index (χ2v) is 4.42. The van der Waals surface area contributed by atoms with Crippen molar-refractivity contribution in [1.29, 1.82) is 0 Å². The highest BCUT2D eigenvalue weighted by molar-refractivity contribution is 5.84. The average Bonchev–Trinajstić information content (AvgIpc) is 2.86. The van der Waals surface area contributed by atoms with Gasteiger partial charge in [0.1, 0.15) is 6.04 Å². The number of hydrogen-bond acceptors (Lipinski definition) is 3. The van der Waals surface area contributed by atoms with Crippen LogP contribution in [0.3, 0.4) is 0 Å². The van der Waals surface area contributed by atoms with Crippen molar-refractivity contribution in [1.82, 2.24) is 9.78 Å². The van der Waals surface area contributed by atoms with Gasteiger partial charge in [0.2, 0.25) is 5.91 Å². The van der Waals surface area contributed by atoms with E-state index in [0.717, 1.165) is 23.4 Å².